The van der Waals surface area contributed by atoms with E-state index in [0.29, 0.717) is 22.9 Å². The SMILES string of the molecule is O=C(Nc1cccc([C@H]2SCC(=O)N2c2ccc3c(c2)OCO3)c1)c1ccco1. The van der Waals surface area contributed by atoms with Gasteiger partial charge in [0.1, 0.15) is 5.37 Å². The molecule has 5 rings (SSSR count). The number of carbonyl (C=O) groups excluding carboxylic acids is 2. The summed E-state index contributed by atoms with van der Waals surface area (Å²) in [6.45, 7) is 0.183. The van der Waals surface area contributed by atoms with Gasteiger partial charge in [-0.05, 0) is 42.0 Å². The standard InChI is InChI=1S/C21H16N2O5S/c24-19-11-29-21(23(19)15-6-7-16-18(10-15)28-12-27-16)13-3-1-4-14(9-13)22-20(25)17-5-2-8-26-17/h1-10,21H,11-12H2,(H,22,25)/t21-/m1/s1. The first-order valence-corrected chi connectivity index (χ1v) is 10.0. The van der Waals surface area contributed by atoms with Gasteiger partial charge in [-0.2, -0.15) is 0 Å². The summed E-state index contributed by atoms with van der Waals surface area (Å²) < 4.78 is 15.9. The molecule has 0 aliphatic carbocycles. The number of benzene rings is 2. The van der Waals surface area contributed by atoms with E-state index < -0.39 is 0 Å². The van der Waals surface area contributed by atoms with Crippen molar-refractivity contribution in [3.05, 3.63) is 72.2 Å². The summed E-state index contributed by atoms with van der Waals surface area (Å²) in [5.41, 5.74) is 2.30. The minimum Gasteiger partial charge on any atom is -0.459 e. The predicted molar refractivity (Wildman–Crippen MR) is 108 cm³/mol. The molecule has 1 fully saturated rings. The Morgan fingerprint density at radius 1 is 1.07 bits per heavy atom. The van der Waals surface area contributed by atoms with Gasteiger partial charge in [-0.1, -0.05) is 12.1 Å². The van der Waals surface area contributed by atoms with E-state index in [4.69, 9.17) is 13.9 Å². The van der Waals surface area contributed by atoms with Crippen LogP contribution in [0, 0.1) is 0 Å². The number of hydrogen-bond donors (Lipinski definition) is 1. The molecule has 1 aromatic heterocycles. The Labute approximate surface area is 170 Å². The highest BCUT2D eigenvalue weighted by molar-refractivity contribution is 8.00. The summed E-state index contributed by atoms with van der Waals surface area (Å²) in [5, 5.41) is 2.62. The number of ether oxygens (including phenoxy) is 2. The number of carbonyl (C=O) groups is 2. The maximum Gasteiger partial charge on any atom is 0.291 e. The van der Waals surface area contributed by atoms with Gasteiger partial charge in [0.25, 0.3) is 5.91 Å². The Kier molecular flexibility index (Phi) is 4.40. The number of thioether (sulfide) groups is 1. The maximum absolute atomic E-state index is 12.6. The largest absolute Gasteiger partial charge is 0.459 e. The summed E-state index contributed by atoms with van der Waals surface area (Å²) in [7, 11) is 0. The normalized spacial score (nSPS) is 17.6. The van der Waals surface area contributed by atoms with Crippen LogP contribution in [0.4, 0.5) is 11.4 Å². The van der Waals surface area contributed by atoms with Crippen LogP contribution in [0.5, 0.6) is 11.5 Å². The van der Waals surface area contributed by atoms with E-state index in [1.165, 1.54) is 18.0 Å². The Morgan fingerprint density at radius 2 is 1.97 bits per heavy atom. The van der Waals surface area contributed by atoms with E-state index in [1.54, 1.807) is 23.1 Å². The lowest BCUT2D eigenvalue weighted by Crippen LogP contribution is -2.27. The van der Waals surface area contributed by atoms with E-state index in [0.717, 1.165) is 11.3 Å². The van der Waals surface area contributed by atoms with E-state index in [9.17, 15) is 9.59 Å². The lowest BCUT2D eigenvalue weighted by Gasteiger charge is -2.25. The Hall–Kier alpha value is -3.39. The number of furan rings is 1. The lowest BCUT2D eigenvalue weighted by atomic mass is 10.1. The van der Waals surface area contributed by atoms with Crippen LogP contribution in [0.2, 0.25) is 0 Å². The number of hydrogen-bond acceptors (Lipinski definition) is 6. The number of nitrogens with one attached hydrogen (secondary N) is 1. The fourth-order valence-corrected chi connectivity index (χ4v) is 4.52. The smallest absolute Gasteiger partial charge is 0.291 e. The zero-order valence-corrected chi connectivity index (χ0v) is 16.0. The van der Waals surface area contributed by atoms with Crippen molar-refractivity contribution < 1.29 is 23.5 Å². The van der Waals surface area contributed by atoms with E-state index in [1.807, 2.05) is 36.4 Å². The monoisotopic (exact) mass is 408 g/mol. The minimum absolute atomic E-state index is 0.0175. The first-order valence-electron chi connectivity index (χ1n) is 8.97. The second-order valence-corrected chi connectivity index (χ2v) is 7.59. The molecule has 8 heteroatoms. The molecule has 146 valence electrons. The van der Waals surface area contributed by atoms with Gasteiger partial charge in [0.05, 0.1) is 12.0 Å². The summed E-state index contributed by atoms with van der Waals surface area (Å²) in [5.74, 6) is 1.61. The number of nitrogens with zero attached hydrogens (tertiary/aromatic N) is 1. The Morgan fingerprint density at radius 3 is 2.83 bits per heavy atom. The third-order valence-corrected chi connectivity index (χ3v) is 5.89. The maximum atomic E-state index is 12.6. The molecule has 0 spiro atoms. The van der Waals surface area contributed by atoms with Crippen molar-refractivity contribution in [2.45, 2.75) is 5.37 Å². The van der Waals surface area contributed by atoms with Crippen LogP contribution in [-0.2, 0) is 4.79 Å². The third-order valence-electron chi connectivity index (χ3n) is 4.68. The first-order chi connectivity index (χ1) is 14.2. The first kappa shape index (κ1) is 17.7. The fraction of sp³-hybridized carbons (Fsp3) is 0.143. The molecule has 7 nitrogen and oxygen atoms in total. The number of anilines is 2. The van der Waals surface area contributed by atoms with Crippen molar-refractivity contribution in [2.24, 2.45) is 0 Å². The summed E-state index contributed by atoms with van der Waals surface area (Å²) in [4.78, 5) is 26.6. The van der Waals surface area contributed by atoms with Crippen molar-refractivity contribution in [3.8, 4) is 11.5 Å². The van der Waals surface area contributed by atoms with Crippen LogP contribution in [0.1, 0.15) is 21.5 Å². The topological polar surface area (TPSA) is 81.0 Å². The van der Waals surface area contributed by atoms with E-state index >= 15 is 0 Å². The van der Waals surface area contributed by atoms with Crippen LogP contribution >= 0.6 is 11.8 Å². The van der Waals surface area contributed by atoms with Crippen molar-refractivity contribution >= 4 is 35.0 Å². The molecule has 0 bridgehead atoms. The zero-order chi connectivity index (χ0) is 19.8. The summed E-state index contributed by atoms with van der Waals surface area (Å²) in [6.07, 6.45) is 1.45. The fourth-order valence-electron chi connectivity index (χ4n) is 3.36. The molecule has 2 aliphatic heterocycles. The lowest BCUT2D eigenvalue weighted by molar-refractivity contribution is -0.115. The molecule has 3 aromatic rings. The van der Waals surface area contributed by atoms with Gasteiger partial charge in [-0.3, -0.25) is 14.5 Å². The Balaban J connectivity index is 1.42. The number of fused-ring (bicyclic) bond motifs is 1. The molecule has 0 unspecified atom stereocenters. The van der Waals surface area contributed by atoms with Gasteiger partial charge >= 0.3 is 0 Å². The number of rotatable bonds is 4. The highest BCUT2D eigenvalue weighted by Gasteiger charge is 2.35. The predicted octanol–water partition coefficient (Wildman–Crippen LogP) is 4.04. The number of amides is 2. The van der Waals surface area contributed by atoms with Crippen LogP contribution in [0.25, 0.3) is 0 Å². The summed E-state index contributed by atoms with van der Waals surface area (Å²) in [6, 6.07) is 16.2. The second-order valence-electron chi connectivity index (χ2n) is 6.52. The molecular weight excluding hydrogens is 392 g/mol. The van der Waals surface area contributed by atoms with Gasteiger partial charge in [0.2, 0.25) is 12.7 Å². The zero-order valence-electron chi connectivity index (χ0n) is 15.2. The molecule has 2 aliphatic rings. The minimum atomic E-state index is -0.324. The average Bonchev–Trinajstić information content (AvgIpc) is 3.48. The van der Waals surface area contributed by atoms with E-state index in [-0.39, 0.29) is 29.7 Å². The third kappa shape index (κ3) is 3.31. The quantitative estimate of drug-likeness (QED) is 0.702. The molecule has 0 saturated carbocycles. The van der Waals surface area contributed by atoms with Gasteiger partial charge in [-0.25, -0.2) is 0 Å². The molecule has 2 aromatic carbocycles. The van der Waals surface area contributed by atoms with Crippen LogP contribution < -0.4 is 19.7 Å². The molecule has 1 saturated heterocycles. The van der Waals surface area contributed by atoms with Crippen LogP contribution in [-0.4, -0.2) is 24.4 Å². The Bertz CT molecular complexity index is 1080. The highest BCUT2D eigenvalue weighted by Crippen LogP contribution is 2.45. The summed E-state index contributed by atoms with van der Waals surface area (Å²) >= 11 is 1.54. The van der Waals surface area contributed by atoms with E-state index in [2.05, 4.69) is 5.32 Å². The van der Waals surface area contributed by atoms with Crippen molar-refractivity contribution in [2.75, 3.05) is 22.8 Å². The van der Waals surface area contributed by atoms with Crippen LogP contribution in [0.15, 0.2) is 65.3 Å². The molecule has 1 atom stereocenters. The average molecular weight is 408 g/mol. The van der Waals surface area contributed by atoms with Crippen molar-refractivity contribution in [1.29, 1.82) is 0 Å². The molecule has 29 heavy (non-hydrogen) atoms. The van der Waals surface area contributed by atoms with Crippen LogP contribution in [0.3, 0.4) is 0 Å². The van der Waals surface area contributed by atoms with Gasteiger partial charge in [0.15, 0.2) is 17.3 Å². The molecule has 0 radical (unpaired) electrons. The molecule has 2 amide bonds. The highest BCUT2D eigenvalue weighted by atomic mass is 32.2. The molecule has 1 N–H and O–H groups in total. The van der Waals surface area contributed by atoms with Gasteiger partial charge in [0, 0.05) is 17.4 Å². The van der Waals surface area contributed by atoms with Crippen molar-refractivity contribution in [1.82, 2.24) is 0 Å². The second kappa shape index (κ2) is 7.21. The van der Waals surface area contributed by atoms with Crippen molar-refractivity contribution in [3.63, 3.8) is 0 Å². The molecule has 3 heterocycles. The van der Waals surface area contributed by atoms with Gasteiger partial charge in [-0.15, -0.1) is 11.8 Å². The van der Waals surface area contributed by atoms with Gasteiger partial charge < -0.3 is 19.2 Å². The molecular formula is C21H16N2O5S.